The van der Waals surface area contributed by atoms with Crippen molar-refractivity contribution in [3.63, 3.8) is 0 Å². The number of rotatable bonds is 2. The molecule has 0 radical (unpaired) electrons. The van der Waals surface area contributed by atoms with Gasteiger partial charge in [0.25, 0.3) is 11.9 Å². The Morgan fingerprint density at radius 1 is 0.680 bits per heavy atom. The summed E-state index contributed by atoms with van der Waals surface area (Å²) in [4.78, 5) is 2.51. The molecule has 0 aliphatic heterocycles. The molecule has 1 aromatic heterocycles. The van der Waals surface area contributed by atoms with E-state index in [1.54, 1.807) is 24.3 Å². The van der Waals surface area contributed by atoms with Crippen molar-refractivity contribution in [1.82, 2.24) is 4.98 Å². The van der Waals surface area contributed by atoms with Crippen LogP contribution in [0.15, 0.2) is 53.6 Å². The minimum atomic E-state index is -1.74. The van der Waals surface area contributed by atoms with E-state index in [-0.39, 0.29) is 0 Å². The highest BCUT2D eigenvalue weighted by atomic mass is 19.2. The lowest BCUT2D eigenvalue weighted by atomic mass is 10.1. The van der Waals surface area contributed by atoms with Gasteiger partial charge in [-0.2, -0.15) is 27.6 Å². The maximum atomic E-state index is 13.7. The first-order valence-electron chi connectivity index (χ1n) is 7.31. The molecule has 25 heavy (non-hydrogen) atoms. The molecule has 0 amide bonds. The summed E-state index contributed by atoms with van der Waals surface area (Å²) in [6, 6.07) is 14.7. The number of hydrogen-bond donors (Lipinski definition) is 1. The molecule has 7 heteroatoms. The number of fused-ring (bicyclic) bond motifs is 3. The third-order valence-corrected chi connectivity index (χ3v) is 3.93. The van der Waals surface area contributed by atoms with Crippen molar-refractivity contribution in [1.29, 1.82) is 0 Å². The second kappa shape index (κ2) is 5.70. The van der Waals surface area contributed by atoms with E-state index in [2.05, 4.69) is 15.5 Å². The minimum absolute atomic E-state index is 0.419. The number of anilines is 1. The van der Waals surface area contributed by atoms with Crippen LogP contribution in [0.3, 0.4) is 0 Å². The zero-order chi connectivity index (χ0) is 17.6. The van der Waals surface area contributed by atoms with Crippen LogP contribution in [0.25, 0.3) is 11.1 Å². The van der Waals surface area contributed by atoms with E-state index < -0.39 is 29.2 Å². The summed E-state index contributed by atoms with van der Waals surface area (Å²) in [5, 5.41) is 4.01. The molecule has 1 N–H and O–H groups in total. The van der Waals surface area contributed by atoms with E-state index >= 15 is 0 Å². The lowest BCUT2D eigenvalue weighted by Crippen LogP contribution is -2.08. The highest BCUT2D eigenvalue weighted by Crippen LogP contribution is 2.36. The number of hydrogen-bond acceptors (Lipinski definition) is 3. The van der Waals surface area contributed by atoms with Crippen molar-refractivity contribution in [2.45, 2.75) is 0 Å². The Morgan fingerprint density at radius 2 is 1.12 bits per heavy atom. The van der Waals surface area contributed by atoms with Gasteiger partial charge >= 0.3 is 0 Å². The number of benzene rings is 2. The summed E-state index contributed by atoms with van der Waals surface area (Å²) >= 11 is 0. The molecule has 1 heterocycles. The molecule has 0 atom stereocenters. The van der Waals surface area contributed by atoms with Gasteiger partial charge in [-0.1, -0.05) is 48.5 Å². The molecule has 0 saturated heterocycles. The molecule has 1 aliphatic rings. The van der Waals surface area contributed by atoms with E-state index in [0.29, 0.717) is 5.71 Å². The first-order chi connectivity index (χ1) is 12.1. The highest BCUT2D eigenvalue weighted by molar-refractivity contribution is 6.24. The second-order valence-electron chi connectivity index (χ2n) is 5.36. The zero-order valence-corrected chi connectivity index (χ0v) is 12.5. The SMILES string of the molecule is Fc1nc(F)c(F)c(NN=C2c3ccccc3-c3ccccc32)c1F. The molecule has 3 aromatic rings. The van der Waals surface area contributed by atoms with Gasteiger partial charge in [-0.25, -0.2) is 0 Å². The lowest BCUT2D eigenvalue weighted by molar-refractivity contribution is 0.411. The molecule has 0 unspecified atom stereocenters. The zero-order valence-electron chi connectivity index (χ0n) is 12.5. The van der Waals surface area contributed by atoms with Gasteiger partial charge in [0, 0.05) is 11.1 Å². The predicted octanol–water partition coefficient (Wildman–Crippen LogP) is 4.48. The first-order valence-corrected chi connectivity index (χ1v) is 7.31. The molecule has 4 rings (SSSR count). The third kappa shape index (κ3) is 2.36. The van der Waals surface area contributed by atoms with E-state index in [4.69, 9.17) is 0 Å². The van der Waals surface area contributed by atoms with E-state index in [1.165, 1.54) is 0 Å². The molecule has 2 aromatic carbocycles. The van der Waals surface area contributed by atoms with Gasteiger partial charge in [0.1, 0.15) is 5.69 Å². The number of hydrazone groups is 1. The van der Waals surface area contributed by atoms with Crippen LogP contribution in [0.5, 0.6) is 0 Å². The topological polar surface area (TPSA) is 37.3 Å². The van der Waals surface area contributed by atoms with Crippen LogP contribution in [-0.4, -0.2) is 10.7 Å². The standard InChI is InChI=1S/C18H9F4N3/c19-13-16(14(20)18(22)23-17(13)21)25-24-15-11-7-3-1-5-9(11)10-6-2-4-8-12(10)15/h1-8H,(H,23,25). The number of pyridine rings is 1. The van der Waals surface area contributed by atoms with E-state index in [9.17, 15) is 17.6 Å². The molecule has 0 fully saturated rings. The van der Waals surface area contributed by atoms with Crippen LogP contribution >= 0.6 is 0 Å². The van der Waals surface area contributed by atoms with Gasteiger partial charge in [0.05, 0.1) is 5.71 Å². The van der Waals surface area contributed by atoms with Crippen LogP contribution in [0.1, 0.15) is 11.1 Å². The molecule has 0 bridgehead atoms. The highest BCUT2D eigenvalue weighted by Gasteiger charge is 2.25. The number of nitrogens with zero attached hydrogens (tertiary/aromatic N) is 2. The number of nitrogens with one attached hydrogen (secondary N) is 1. The van der Waals surface area contributed by atoms with Crippen molar-refractivity contribution in [2.24, 2.45) is 5.10 Å². The third-order valence-electron chi connectivity index (χ3n) is 3.93. The summed E-state index contributed by atoms with van der Waals surface area (Å²) in [6.07, 6.45) is 0. The van der Waals surface area contributed by atoms with Crippen molar-refractivity contribution >= 4 is 11.4 Å². The molecule has 124 valence electrons. The molecule has 1 aliphatic carbocycles. The van der Waals surface area contributed by atoms with Crippen molar-refractivity contribution in [3.8, 4) is 11.1 Å². The number of aromatic nitrogens is 1. The van der Waals surface area contributed by atoms with Crippen molar-refractivity contribution < 1.29 is 17.6 Å². The summed E-state index contributed by atoms with van der Waals surface area (Å²) in [5.74, 6) is -6.76. The molecule has 0 saturated carbocycles. The van der Waals surface area contributed by atoms with Crippen LogP contribution in [-0.2, 0) is 0 Å². The van der Waals surface area contributed by atoms with Crippen LogP contribution in [0.2, 0.25) is 0 Å². The smallest absolute Gasteiger partial charge is 0.254 e. The van der Waals surface area contributed by atoms with Crippen LogP contribution in [0.4, 0.5) is 23.2 Å². The summed E-state index contributed by atoms with van der Waals surface area (Å²) in [5.41, 5.74) is 4.80. The Morgan fingerprint density at radius 3 is 1.60 bits per heavy atom. The maximum Gasteiger partial charge on any atom is 0.254 e. The Labute approximate surface area is 139 Å². The molecular formula is C18H9F4N3. The Balaban J connectivity index is 1.84. The normalized spacial score (nSPS) is 11.9. The first kappa shape index (κ1) is 15.3. The van der Waals surface area contributed by atoms with Gasteiger partial charge < -0.3 is 0 Å². The monoisotopic (exact) mass is 343 g/mol. The average molecular weight is 343 g/mol. The fourth-order valence-corrected chi connectivity index (χ4v) is 2.81. The van der Waals surface area contributed by atoms with Crippen molar-refractivity contribution in [3.05, 3.63) is 83.2 Å². The average Bonchev–Trinajstić information content (AvgIpc) is 2.94. The summed E-state index contributed by atoms with van der Waals surface area (Å²) in [6.45, 7) is 0. The Bertz CT molecular complexity index is 957. The van der Waals surface area contributed by atoms with Crippen LogP contribution in [0, 0.1) is 23.5 Å². The Kier molecular flexibility index (Phi) is 3.49. The fourth-order valence-electron chi connectivity index (χ4n) is 2.81. The largest absolute Gasteiger partial charge is 0.272 e. The predicted molar refractivity (Wildman–Crippen MR) is 85.2 cm³/mol. The maximum absolute atomic E-state index is 13.7. The van der Waals surface area contributed by atoms with Gasteiger partial charge in [-0.05, 0) is 11.1 Å². The van der Waals surface area contributed by atoms with Gasteiger partial charge in [-0.15, -0.1) is 0 Å². The van der Waals surface area contributed by atoms with Crippen LogP contribution < -0.4 is 5.43 Å². The van der Waals surface area contributed by atoms with E-state index in [1.807, 2.05) is 24.3 Å². The van der Waals surface area contributed by atoms with Gasteiger partial charge in [-0.3, -0.25) is 5.43 Å². The number of halogens is 4. The summed E-state index contributed by atoms with van der Waals surface area (Å²) in [7, 11) is 0. The minimum Gasteiger partial charge on any atom is -0.272 e. The van der Waals surface area contributed by atoms with Gasteiger partial charge in [0.2, 0.25) is 11.6 Å². The fraction of sp³-hybridized carbons (Fsp3) is 0. The van der Waals surface area contributed by atoms with Gasteiger partial charge in [0.15, 0.2) is 0 Å². The molecule has 3 nitrogen and oxygen atoms in total. The summed E-state index contributed by atoms with van der Waals surface area (Å²) < 4.78 is 53.9. The molecular weight excluding hydrogens is 334 g/mol. The Hall–Kier alpha value is -3.22. The van der Waals surface area contributed by atoms with Crippen molar-refractivity contribution in [2.75, 3.05) is 5.43 Å². The van der Waals surface area contributed by atoms with E-state index in [0.717, 1.165) is 22.3 Å². The second-order valence-corrected chi connectivity index (χ2v) is 5.36. The lowest BCUT2D eigenvalue weighted by Gasteiger charge is -2.07. The quantitative estimate of drug-likeness (QED) is 0.331. The molecule has 0 spiro atoms.